The number of hydrogen-bond donors (Lipinski definition) is 1. The molecule has 2 aromatic heterocycles. The minimum absolute atomic E-state index is 0.512. The van der Waals surface area contributed by atoms with Crippen molar-refractivity contribution in [2.45, 2.75) is 31.7 Å². The number of benzene rings is 2. The number of fused-ring (bicyclic) bond motifs is 2. The third kappa shape index (κ3) is 4.63. The number of rotatable bonds is 6. The summed E-state index contributed by atoms with van der Waals surface area (Å²) in [4.78, 5) is 7.18. The van der Waals surface area contributed by atoms with Crippen LogP contribution >= 0.6 is 0 Å². The van der Waals surface area contributed by atoms with Crippen molar-refractivity contribution >= 4 is 17.2 Å². The van der Waals surface area contributed by atoms with E-state index < -0.39 is 0 Å². The van der Waals surface area contributed by atoms with Crippen molar-refractivity contribution in [1.82, 2.24) is 19.5 Å². The largest absolute Gasteiger partial charge is 0.496 e. The molecular weight excluding hydrogens is 466 g/mol. The van der Waals surface area contributed by atoms with Gasteiger partial charge in [0.2, 0.25) is 5.95 Å². The van der Waals surface area contributed by atoms with Gasteiger partial charge in [0, 0.05) is 24.7 Å². The molecule has 0 bridgehead atoms. The molecule has 1 fully saturated rings. The first-order valence-electron chi connectivity index (χ1n) is 13.0. The van der Waals surface area contributed by atoms with Gasteiger partial charge in [-0.1, -0.05) is 18.2 Å². The molecule has 1 unspecified atom stereocenters. The molecule has 2 aliphatic rings. The number of morpholine rings is 1. The average molecular weight is 500 g/mol. The summed E-state index contributed by atoms with van der Waals surface area (Å²) in [5.74, 6) is 2.21. The Morgan fingerprint density at radius 1 is 0.946 bits per heavy atom. The van der Waals surface area contributed by atoms with E-state index in [2.05, 4.69) is 27.3 Å². The van der Waals surface area contributed by atoms with Crippen LogP contribution in [-0.4, -0.2) is 66.1 Å². The second-order valence-electron chi connectivity index (χ2n) is 9.63. The van der Waals surface area contributed by atoms with E-state index in [-0.39, 0.29) is 0 Å². The SMILES string of the molecule is COc1ccccc1-c1ccc2cnc(Nc3ccc4c(c3OC)CCC(N3CCOCC3)CC4)nn12. The van der Waals surface area contributed by atoms with Crippen LogP contribution in [-0.2, 0) is 17.6 Å². The van der Waals surface area contributed by atoms with E-state index in [9.17, 15) is 0 Å². The monoisotopic (exact) mass is 499 g/mol. The number of hydrogen-bond acceptors (Lipinski definition) is 7. The van der Waals surface area contributed by atoms with Crippen LogP contribution < -0.4 is 14.8 Å². The van der Waals surface area contributed by atoms with Crippen molar-refractivity contribution in [3.05, 3.63) is 65.9 Å². The normalized spacial score (nSPS) is 18.3. The summed E-state index contributed by atoms with van der Waals surface area (Å²) in [5.41, 5.74) is 6.39. The Kier molecular flexibility index (Phi) is 6.68. The fourth-order valence-corrected chi connectivity index (χ4v) is 5.73. The second-order valence-corrected chi connectivity index (χ2v) is 9.63. The summed E-state index contributed by atoms with van der Waals surface area (Å²) in [6.07, 6.45) is 6.17. The van der Waals surface area contributed by atoms with Gasteiger partial charge >= 0.3 is 0 Å². The zero-order chi connectivity index (χ0) is 25.2. The molecule has 2 aromatic carbocycles. The Balaban J connectivity index is 1.29. The maximum atomic E-state index is 5.97. The molecule has 4 aromatic rings. The maximum absolute atomic E-state index is 5.97. The average Bonchev–Trinajstić information content (AvgIpc) is 3.24. The first-order chi connectivity index (χ1) is 18.2. The van der Waals surface area contributed by atoms with Gasteiger partial charge in [0.25, 0.3) is 0 Å². The summed E-state index contributed by atoms with van der Waals surface area (Å²) < 4.78 is 19.0. The van der Waals surface area contributed by atoms with Crippen molar-refractivity contribution < 1.29 is 14.2 Å². The summed E-state index contributed by atoms with van der Waals surface area (Å²) in [6.45, 7) is 3.73. The zero-order valence-corrected chi connectivity index (χ0v) is 21.4. The molecule has 8 heteroatoms. The lowest BCUT2D eigenvalue weighted by atomic mass is 10.0. The zero-order valence-electron chi connectivity index (χ0n) is 21.4. The summed E-state index contributed by atoms with van der Waals surface area (Å²) in [5, 5.41) is 8.26. The van der Waals surface area contributed by atoms with Gasteiger partial charge < -0.3 is 19.5 Å². The molecule has 0 spiro atoms. The van der Waals surface area contributed by atoms with Crippen LogP contribution in [0.3, 0.4) is 0 Å². The van der Waals surface area contributed by atoms with Gasteiger partial charge in [-0.3, -0.25) is 4.90 Å². The fraction of sp³-hybridized carbons (Fsp3) is 0.379. The number of nitrogens with one attached hydrogen (secondary N) is 1. The summed E-state index contributed by atoms with van der Waals surface area (Å²) >= 11 is 0. The van der Waals surface area contributed by atoms with E-state index in [0.29, 0.717) is 12.0 Å². The van der Waals surface area contributed by atoms with E-state index in [0.717, 1.165) is 79.5 Å². The van der Waals surface area contributed by atoms with Gasteiger partial charge in [0.1, 0.15) is 11.5 Å². The first kappa shape index (κ1) is 23.8. The van der Waals surface area contributed by atoms with E-state index in [1.54, 1.807) is 14.2 Å². The van der Waals surface area contributed by atoms with Crippen LogP contribution in [0.1, 0.15) is 24.0 Å². The Morgan fingerprint density at radius 3 is 2.62 bits per heavy atom. The van der Waals surface area contributed by atoms with Crippen LogP contribution in [0.25, 0.3) is 16.8 Å². The van der Waals surface area contributed by atoms with Crippen molar-refractivity contribution in [3.63, 3.8) is 0 Å². The number of aryl methyl sites for hydroxylation is 1. The minimum Gasteiger partial charge on any atom is -0.496 e. The Labute approximate surface area is 217 Å². The van der Waals surface area contributed by atoms with Crippen LogP contribution in [0.4, 0.5) is 11.6 Å². The van der Waals surface area contributed by atoms with Gasteiger partial charge in [0.05, 0.1) is 50.5 Å². The van der Waals surface area contributed by atoms with Gasteiger partial charge in [-0.05, 0) is 67.1 Å². The number of nitrogens with zero attached hydrogens (tertiary/aromatic N) is 4. The highest BCUT2D eigenvalue weighted by molar-refractivity contribution is 5.72. The summed E-state index contributed by atoms with van der Waals surface area (Å²) in [6, 6.07) is 16.9. The number of methoxy groups -OCH3 is 2. The summed E-state index contributed by atoms with van der Waals surface area (Å²) in [7, 11) is 3.44. The van der Waals surface area contributed by atoms with Gasteiger partial charge in [-0.2, -0.15) is 0 Å². The molecular formula is C29H33N5O3. The third-order valence-corrected chi connectivity index (χ3v) is 7.63. The molecule has 37 heavy (non-hydrogen) atoms. The van der Waals surface area contributed by atoms with Crippen molar-refractivity contribution in [3.8, 4) is 22.8 Å². The van der Waals surface area contributed by atoms with E-state index in [1.807, 2.05) is 47.1 Å². The molecule has 1 N–H and O–H groups in total. The molecule has 192 valence electrons. The van der Waals surface area contributed by atoms with Crippen LogP contribution in [0.2, 0.25) is 0 Å². The van der Waals surface area contributed by atoms with Crippen LogP contribution in [0.5, 0.6) is 11.5 Å². The number of anilines is 2. The molecule has 3 heterocycles. The molecule has 6 rings (SSSR count). The highest BCUT2D eigenvalue weighted by Gasteiger charge is 2.26. The number of ether oxygens (including phenoxy) is 3. The van der Waals surface area contributed by atoms with Gasteiger partial charge in [0.15, 0.2) is 0 Å². The van der Waals surface area contributed by atoms with Crippen molar-refractivity contribution in [2.75, 3.05) is 45.8 Å². The first-order valence-corrected chi connectivity index (χ1v) is 13.0. The molecule has 8 nitrogen and oxygen atoms in total. The molecule has 1 aliphatic heterocycles. The van der Waals surface area contributed by atoms with E-state index in [1.165, 1.54) is 17.5 Å². The second kappa shape index (κ2) is 10.4. The fourth-order valence-electron chi connectivity index (χ4n) is 5.73. The third-order valence-electron chi connectivity index (χ3n) is 7.63. The Morgan fingerprint density at radius 2 is 1.78 bits per heavy atom. The van der Waals surface area contributed by atoms with Crippen LogP contribution in [0.15, 0.2) is 54.7 Å². The predicted octanol–water partition coefficient (Wildman–Crippen LogP) is 4.74. The molecule has 0 amide bonds. The smallest absolute Gasteiger partial charge is 0.245 e. The van der Waals surface area contributed by atoms with Crippen LogP contribution in [0, 0.1) is 0 Å². The lowest BCUT2D eigenvalue weighted by molar-refractivity contribution is 0.0136. The highest BCUT2D eigenvalue weighted by atomic mass is 16.5. The van der Waals surface area contributed by atoms with E-state index in [4.69, 9.17) is 19.3 Å². The molecule has 1 saturated heterocycles. The lowest BCUT2D eigenvalue weighted by Gasteiger charge is -2.34. The molecule has 1 atom stereocenters. The minimum atomic E-state index is 0.512. The van der Waals surface area contributed by atoms with E-state index >= 15 is 0 Å². The molecule has 0 radical (unpaired) electrons. The Bertz CT molecular complexity index is 1400. The topological polar surface area (TPSA) is 73.1 Å². The van der Waals surface area contributed by atoms with Crippen molar-refractivity contribution in [1.29, 1.82) is 0 Å². The molecule has 0 saturated carbocycles. The molecule has 1 aliphatic carbocycles. The highest BCUT2D eigenvalue weighted by Crippen LogP contribution is 2.37. The van der Waals surface area contributed by atoms with Gasteiger partial charge in [-0.15, -0.1) is 5.10 Å². The lowest BCUT2D eigenvalue weighted by Crippen LogP contribution is -2.43. The number of aromatic nitrogens is 3. The predicted molar refractivity (Wildman–Crippen MR) is 144 cm³/mol. The Hall–Kier alpha value is -3.62. The standard InChI is InChI=1S/C29H33N5O3/c1-35-27-6-4-3-5-24(27)26-14-11-22-19-30-29(32-34(22)26)31-25-13-8-20-7-9-21(33-15-17-37-18-16-33)10-12-23(20)28(25)36-2/h3-6,8,11,13-14,19,21H,7,9-10,12,15-18H2,1-2H3,(H,31,32). The van der Waals surface area contributed by atoms with Gasteiger partial charge in [-0.25, -0.2) is 9.50 Å². The maximum Gasteiger partial charge on any atom is 0.245 e. The number of para-hydroxylation sites is 1. The van der Waals surface area contributed by atoms with Crippen molar-refractivity contribution in [2.24, 2.45) is 0 Å². The quantitative estimate of drug-likeness (QED) is 0.384.